The molecule has 0 aliphatic carbocycles. The molecule has 4 rings (SSSR count). The zero-order chi connectivity index (χ0) is 21.8. The largest absolute Gasteiger partial charge is 0.497 e. The van der Waals surface area contributed by atoms with Crippen molar-refractivity contribution < 1.29 is 23.8 Å². The van der Waals surface area contributed by atoms with Crippen molar-refractivity contribution in [2.75, 3.05) is 19.0 Å². The summed E-state index contributed by atoms with van der Waals surface area (Å²) in [6.07, 6.45) is 0.594. The SMILES string of the molecule is COc1ccc2c(c1)OCC(C(=O)Nc1ccc(Oc3ccccc3C(N)=O)cc1)C2. The third kappa shape index (κ3) is 4.61. The van der Waals surface area contributed by atoms with Gasteiger partial charge in [0.1, 0.15) is 29.6 Å². The number of carbonyl (C=O) groups excluding carboxylic acids is 2. The fourth-order valence-corrected chi connectivity index (χ4v) is 3.38. The summed E-state index contributed by atoms with van der Waals surface area (Å²) in [6, 6.07) is 19.3. The maximum atomic E-state index is 12.7. The van der Waals surface area contributed by atoms with Crippen LogP contribution in [0.2, 0.25) is 0 Å². The zero-order valence-corrected chi connectivity index (χ0v) is 17.0. The average Bonchev–Trinajstić information content (AvgIpc) is 2.79. The monoisotopic (exact) mass is 418 g/mol. The van der Waals surface area contributed by atoms with Crippen LogP contribution in [0.4, 0.5) is 5.69 Å². The Labute approximate surface area is 179 Å². The lowest BCUT2D eigenvalue weighted by Gasteiger charge is -2.25. The minimum Gasteiger partial charge on any atom is -0.497 e. The molecular weight excluding hydrogens is 396 g/mol. The number of methoxy groups -OCH3 is 1. The molecule has 0 saturated heterocycles. The quantitative estimate of drug-likeness (QED) is 0.635. The summed E-state index contributed by atoms with van der Waals surface area (Å²) >= 11 is 0. The van der Waals surface area contributed by atoms with Gasteiger partial charge in [-0.15, -0.1) is 0 Å². The van der Waals surface area contributed by atoms with Crippen molar-refractivity contribution in [1.29, 1.82) is 0 Å². The lowest BCUT2D eigenvalue weighted by Crippen LogP contribution is -2.32. The van der Waals surface area contributed by atoms with E-state index in [1.54, 1.807) is 55.6 Å². The van der Waals surface area contributed by atoms with Gasteiger partial charge in [0.2, 0.25) is 5.91 Å². The molecular formula is C24H22N2O5. The summed E-state index contributed by atoms with van der Waals surface area (Å²) in [5.74, 6) is 1.41. The van der Waals surface area contributed by atoms with E-state index < -0.39 is 5.91 Å². The molecule has 0 aromatic heterocycles. The Bertz CT molecular complexity index is 1110. The minimum atomic E-state index is -0.561. The Morgan fingerprint density at radius 3 is 2.52 bits per heavy atom. The van der Waals surface area contributed by atoms with E-state index in [1.165, 1.54) is 0 Å². The van der Waals surface area contributed by atoms with Gasteiger partial charge in [0.15, 0.2) is 0 Å². The summed E-state index contributed by atoms with van der Waals surface area (Å²) in [5, 5.41) is 2.91. The molecule has 0 fully saturated rings. The number of rotatable bonds is 6. The Morgan fingerprint density at radius 2 is 1.77 bits per heavy atom. The molecule has 1 aliphatic rings. The summed E-state index contributed by atoms with van der Waals surface area (Å²) in [5.41, 5.74) is 7.30. The van der Waals surface area contributed by atoms with Crippen LogP contribution < -0.4 is 25.3 Å². The summed E-state index contributed by atoms with van der Waals surface area (Å²) < 4.78 is 16.7. The molecule has 1 unspecified atom stereocenters. The molecule has 2 amide bonds. The number of carbonyl (C=O) groups is 2. The zero-order valence-electron chi connectivity index (χ0n) is 17.0. The van der Waals surface area contributed by atoms with Crippen LogP contribution in [0.25, 0.3) is 0 Å². The third-order valence-corrected chi connectivity index (χ3v) is 5.05. The van der Waals surface area contributed by atoms with E-state index in [4.69, 9.17) is 19.9 Å². The Balaban J connectivity index is 1.39. The van der Waals surface area contributed by atoms with E-state index in [9.17, 15) is 9.59 Å². The van der Waals surface area contributed by atoms with Gasteiger partial charge in [-0.25, -0.2) is 0 Å². The van der Waals surface area contributed by atoms with Gasteiger partial charge in [0, 0.05) is 11.8 Å². The van der Waals surface area contributed by atoms with Crippen LogP contribution in [-0.4, -0.2) is 25.5 Å². The second-order valence-corrected chi connectivity index (χ2v) is 7.16. The van der Waals surface area contributed by atoms with E-state index >= 15 is 0 Å². The molecule has 3 aromatic carbocycles. The first kappa shape index (κ1) is 20.3. The maximum Gasteiger partial charge on any atom is 0.252 e. The molecule has 7 nitrogen and oxygen atoms in total. The van der Waals surface area contributed by atoms with Crippen molar-refractivity contribution in [1.82, 2.24) is 0 Å². The molecule has 31 heavy (non-hydrogen) atoms. The number of ether oxygens (including phenoxy) is 3. The molecule has 3 aromatic rings. The summed E-state index contributed by atoms with van der Waals surface area (Å²) in [7, 11) is 1.60. The van der Waals surface area contributed by atoms with Gasteiger partial charge in [0.05, 0.1) is 18.6 Å². The number of nitrogens with two attached hydrogens (primary N) is 1. The van der Waals surface area contributed by atoms with Gasteiger partial charge in [-0.05, 0) is 54.4 Å². The molecule has 0 radical (unpaired) electrons. The van der Waals surface area contributed by atoms with Crippen LogP contribution in [-0.2, 0) is 11.2 Å². The normalized spacial score (nSPS) is 14.7. The molecule has 1 heterocycles. The highest BCUT2D eigenvalue weighted by Gasteiger charge is 2.26. The van der Waals surface area contributed by atoms with Gasteiger partial charge in [-0.1, -0.05) is 18.2 Å². The van der Waals surface area contributed by atoms with E-state index in [-0.39, 0.29) is 11.8 Å². The van der Waals surface area contributed by atoms with Crippen LogP contribution in [0.5, 0.6) is 23.0 Å². The number of para-hydroxylation sites is 1. The number of benzene rings is 3. The van der Waals surface area contributed by atoms with E-state index in [0.717, 1.165) is 17.1 Å². The highest BCUT2D eigenvalue weighted by molar-refractivity contribution is 5.95. The number of nitrogens with one attached hydrogen (secondary N) is 1. The molecule has 0 bridgehead atoms. The summed E-state index contributed by atoms with van der Waals surface area (Å²) in [6.45, 7) is 0.303. The van der Waals surface area contributed by atoms with Gasteiger partial charge in [0.25, 0.3) is 5.91 Å². The Kier molecular flexibility index (Phi) is 5.75. The molecule has 3 N–H and O–H groups in total. The predicted molar refractivity (Wildman–Crippen MR) is 116 cm³/mol. The van der Waals surface area contributed by atoms with E-state index in [1.807, 2.05) is 18.2 Å². The predicted octanol–water partition coefficient (Wildman–Crippen LogP) is 3.78. The smallest absolute Gasteiger partial charge is 0.252 e. The molecule has 0 saturated carbocycles. The fourth-order valence-electron chi connectivity index (χ4n) is 3.38. The lowest BCUT2D eigenvalue weighted by atomic mass is 9.96. The highest BCUT2D eigenvalue weighted by atomic mass is 16.5. The summed E-state index contributed by atoms with van der Waals surface area (Å²) in [4.78, 5) is 24.2. The average molecular weight is 418 g/mol. The second-order valence-electron chi connectivity index (χ2n) is 7.16. The van der Waals surface area contributed by atoms with Gasteiger partial charge in [-0.3, -0.25) is 9.59 Å². The van der Waals surface area contributed by atoms with Gasteiger partial charge in [-0.2, -0.15) is 0 Å². The van der Waals surface area contributed by atoms with Crippen molar-refractivity contribution >= 4 is 17.5 Å². The maximum absolute atomic E-state index is 12.7. The van der Waals surface area contributed by atoms with E-state index in [0.29, 0.717) is 35.8 Å². The Hall–Kier alpha value is -4.00. The van der Waals surface area contributed by atoms with Crippen LogP contribution in [0.1, 0.15) is 15.9 Å². The highest BCUT2D eigenvalue weighted by Crippen LogP contribution is 2.32. The van der Waals surface area contributed by atoms with Crippen molar-refractivity contribution in [3.05, 3.63) is 77.9 Å². The number of fused-ring (bicyclic) bond motifs is 1. The van der Waals surface area contributed by atoms with Crippen molar-refractivity contribution in [2.24, 2.45) is 11.7 Å². The first-order chi connectivity index (χ1) is 15.0. The Morgan fingerprint density at radius 1 is 1.03 bits per heavy atom. The number of amides is 2. The molecule has 7 heteroatoms. The number of anilines is 1. The number of hydrogen-bond acceptors (Lipinski definition) is 5. The van der Waals surface area contributed by atoms with Crippen molar-refractivity contribution in [2.45, 2.75) is 6.42 Å². The van der Waals surface area contributed by atoms with E-state index in [2.05, 4.69) is 5.32 Å². The molecule has 0 spiro atoms. The second kappa shape index (κ2) is 8.79. The lowest BCUT2D eigenvalue weighted by molar-refractivity contribution is -0.121. The third-order valence-electron chi connectivity index (χ3n) is 5.05. The topological polar surface area (TPSA) is 99.9 Å². The minimum absolute atomic E-state index is 0.116. The van der Waals surface area contributed by atoms with Gasteiger partial charge >= 0.3 is 0 Å². The fraction of sp³-hybridized carbons (Fsp3) is 0.167. The number of hydrogen-bond donors (Lipinski definition) is 2. The van der Waals surface area contributed by atoms with Crippen LogP contribution >= 0.6 is 0 Å². The molecule has 158 valence electrons. The molecule has 1 atom stereocenters. The van der Waals surface area contributed by atoms with Crippen molar-refractivity contribution in [3.63, 3.8) is 0 Å². The number of primary amides is 1. The van der Waals surface area contributed by atoms with Crippen LogP contribution in [0.15, 0.2) is 66.7 Å². The van der Waals surface area contributed by atoms with Gasteiger partial charge < -0.3 is 25.3 Å². The standard InChI is InChI=1S/C24H22N2O5/c1-29-19-9-6-15-12-16(14-30-22(15)13-19)24(28)26-17-7-10-18(11-8-17)31-21-5-3-2-4-20(21)23(25)27/h2-11,13,16H,12,14H2,1H3,(H2,25,27)(H,26,28). The molecule has 1 aliphatic heterocycles. The van der Waals surface area contributed by atoms with Crippen molar-refractivity contribution in [3.8, 4) is 23.0 Å². The first-order valence-electron chi connectivity index (χ1n) is 9.81. The first-order valence-corrected chi connectivity index (χ1v) is 9.81. The van der Waals surface area contributed by atoms with Crippen LogP contribution in [0, 0.1) is 5.92 Å². The van der Waals surface area contributed by atoms with Crippen LogP contribution in [0.3, 0.4) is 0 Å².